The fourth-order valence-corrected chi connectivity index (χ4v) is 3.96. The van der Waals surface area contributed by atoms with Gasteiger partial charge in [0.1, 0.15) is 0 Å². The van der Waals surface area contributed by atoms with Crippen LogP contribution in [0.3, 0.4) is 0 Å². The van der Waals surface area contributed by atoms with Crippen molar-refractivity contribution < 1.29 is 8.42 Å². The van der Waals surface area contributed by atoms with Gasteiger partial charge in [-0.15, -0.1) is 11.3 Å². The zero-order valence-electron chi connectivity index (χ0n) is 11.7. The van der Waals surface area contributed by atoms with Crippen molar-refractivity contribution in [2.45, 2.75) is 37.2 Å². The average Bonchev–Trinajstić information content (AvgIpc) is 3.16. The van der Waals surface area contributed by atoms with Gasteiger partial charge in [-0.05, 0) is 44.0 Å². The van der Waals surface area contributed by atoms with Crippen LogP contribution in [0, 0.1) is 6.92 Å². The zero-order chi connectivity index (χ0) is 14.9. The molecule has 0 aliphatic heterocycles. The number of rotatable bonds is 6. The molecule has 0 amide bonds. The standard InChI is InChI=1S/C14H17N3O2S2/c1-10-15-8-13(20-10)9-16-11-4-6-14(7-5-11)21(18,19)17-12-2-3-12/h4-8,12,16-17H,2-3,9H2,1H3. The molecule has 1 fully saturated rings. The molecule has 1 saturated carbocycles. The lowest BCUT2D eigenvalue weighted by molar-refractivity contribution is 0.581. The van der Waals surface area contributed by atoms with Gasteiger partial charge in [0.25, 0.3) is 0 Å². The molecule has 0 saturated heterocycles. The van der Waals surface area contributed by atoms with E-state index in [9.17, 15) is 8.42 Å². The Morgan fingerprint density at radius 2 is 2.00 bits per heavy atom. The molecular formula is C14H17N3O2S2. The van der Waals surface area contributed by atoms with E-state index in [0.29, 0.717) is 11.4 Å². The zero-order valence-corrected chi connectivity index (χ0v) is 13.3. The second-order valence-electron chi connectivity index (χ2n) is 5.12. The van der Waals surface area contributed by atoms with Crippen molar-refractivity contribution >= 4 is 27.0 Å². The molecule has 1 aliphatic carbocycles. The molecule has 5 nitrogen and oxygen atoms in total. The number of hydrogen-bond acceptors (Lipinski definition) is 5. The van der Waals surface area contributed by atoms with Gasteiger partial charge in [-0.2, -0.15) is 0 Å². The topological polar surface area (TPSA) is 71.1 Å². The molecule has 0 radical (unpaired) electrons. The fourth-order valence-electron chi connectivity index (χ4n) is 1.92. The molecule has 7 heteroatoms. The molecule has 1 aliphatic rings. The second-order valence-corrected chi connectivity index (χ2v) is 8.15. The molecule has 2 N–H and O–H groups in total. The molecule has 2 aromatic rings. The predicted octanol–water partition coefficient (Wildman–Crippen LogP) is 2.50. The maximum absolute atomic E-state index is 12.0. The molecular weight excluding hydrogens is 306 g/mol. The average molecular weight is 323 g/mol. The summed E-state index contributed by atoms with van der Waals surface area (Å²) in [5, 5.41) is 4.30. The Hall–Kier alpha value is -1.44. The number of benzene rings is 1. The van der Waals surface area contributed by atoms with Gasteiger partial charge in [0.2, 0.25) is 10.0 Å². The van der Waals surface area contributed by atoms with E-state index in [1.807, 2.05) is 13.1 Å². The number of hydrogen-bond donors (Lipinski definition) is 2. The van der Waals surface area contributed by atoms with Crippen LogP contribution in [0.2, 0.25) is 0 Å². The van der Waals surface area contributed by atoms with Crippen molar-refractivity contribution in [3.63, 3.8) is 0 Å². The van der Waals surface area contributed by atoms with Crippen molar-refractivity contribution in [1.82, 2.24) is 9.71 Å². The van der Waals surface area contributed by atoms with Crippen LogP contribution in [0.15, 0.2) is 35.4 Å². The van der Waals surface area contributed by atoms with Gasteiger partial charge in [-0.25, -0.2) is 18.1 Å². The summed E-state index contributed by atoms with van der Waals surface area (Å²) in [5.41, 5.74) is 0.895. The third-order valence-electron chi connectivity index (χ3n) is 3.20. The Morgan fingerprint density at radius 1 is 1.29 bits per heavy atom. The monoisotopic (exact) mass is 323 g/mol. The SMILES string of the molecule is Cc1ncc(CNc2ccc(S(=O)(=O)NC3CC3)cc2)s1. The highest BCUT2D eigenvalue weighted by atomic mass is 32.2. The Kier molecular flexibility index (Phi) is 3.97. The fraction of sp³-hybridized carbons (Fsp3) is 0.357. The molecule has 1 aromatic carbocycles. The molecule has 0 atom stereocenters. The van der Waals surface area contributed by atoms with Crippen molar-refractivity contribution in [3.8, 4) is 0 Å². The summed E-state index contributed by atoms with van der Waals surface area (Å²) in [6.45, 7) is 2.67. The van der Waals surface area contributed by atoms with Gasteiger partial charge in [0.15, 0.2) is 0 Å². The summed E-state index contributed by atoms with van der Waals surface area (Å²) in [7, 11) is -3.36. The minimum absolute atomic E-state index is 0.127. The van der Waals surface area contributed by atoms with Crippen LogP contribution in [0.5, 0.6) is 0 Å². The number of anilines is 1. The van der Waals surface area contributed by atoms with Gasteiger partial charge in [-0.3, -0.25) is 0 Å². The highest BCUT2D eigenvalue weighted by Gasteiger charge is 2.27. The van der Waals surface area contributed by atoms with Crippen LogP contribution >= 0.6 is 11.3 Å². The Labute approximate surface area is 128 Å². The lowest BCUT2D eigenvalue weighted by Gasteiger charge is -2.08. The van der Waals surface area contributed by atoms with Crippen molar-refractivity contribution in [2.24, 2.45) is 0 Å². The summed E-state index contributed by atoms with van der Waals surface area (Å²) in [6, 6.07) is 6.96. The third kappa shape index (κ3) is 3.81. The van der Waals surface area contributed by atoms with E-state index in [1.165, 1.54) is 0 Å². The van der Waals surface area contributed by atoms with Crippen LogP contribution < -0.4 is 10.0 Å². The van der Waals surface area contributed by atoms with Gasteiger partial charge in [0.05, 0.1) is 16.4 Å². The first-order valence-electron chi connectivity index (χ1n) is 6.80. The van der Waals surface area contributed by atoms with Crippen molar-refractivity contribution in [3.05, 3.63) is 40.3 Å². The first kappa shape index (κ1) is 14.5. The maximum atomic E-state index is 12.0. The Balaban J connectivity index is 1.63. The lowest BCUT2D eigenvalue weighted by atomic mass is 10.3. The summed E-state index contributed by atoms with van der Waals surface area (Å²) in [5.74, 6) is 0. The molecule has 0 bridgehead atoms. The smallest absolute Gasteiger partial charge is 0.240 e. The van der Waals surface area contributed by atoms with Crippen LogP contribution in [-0.2, 0) is 16.6 Å². The first-order chi connectivity index (χ1) is 10.0. The lowest BCUT2D eigenvalue weighted by Crippen LogP contribution is -2.25. The Morgan fingerprint density at radius 3 is 2.57 bits per heavy atom. The number of aryl methyl sites for hydroxylation is 1. The van der Waals surface area contributed by atoms with E-state index in [-0.39, 0.29) is 6.04 Å². The van der Waals surface area contributed by atoms with Gasteiger partial charge in [-0.1, -0.05) is 0 Å². The molecule has 21 heavy (non-hydrogen) atoms. The first-order valence-corrected chi connectivity index (χ1v) is 9.10. The third-order valence-corrected chi connectivity index (χ3v) is 5.65. The quantitative estimate of drug-likeness (QED) is 0.857. The summed E-state index contributed by atoms with van der Waals surface area (Å²) >= 11 is 1.65. The van der Waals surface area contributed by atoms with E-state index >= 15 is 0 Å². The predicted molar refractivity (Wildman–Crippen MR) is 84.0 cm³/mol. The van der Waals surface area contributed by atoms with Gasteiger partial charge >= 0.3 is 0 Å². The normalized spacial score (nSPS) is 15.1. The summed E-state index contributed by atoms with van der Waals surface area (Å²) in [4.78, 5) is 5.67. The molecule has 3 rings (SSSR count). The summed E-state index contributed by atoms with van der Waals surface area (Å²) in [6.07, 6.45) is 3.73. The minimum atomic E-state index is -3.36. The summed E-state index contributed by atoms with van der Waals surface area (Å²) < 4.78 is 26.7. The van der Waals surface area contributed by atoms with Gasteiger partial charge < -0.3 is 5.32 Å². The number of nitrogens with zero attached hydrogens (tertiary/aromatic N) is 1. The van der Waals surface area contributed by atoms with Crippen LogP contribution in [0.1, 0.15) is 22.7 Å². The highest BCUT2D eigenvalue weighted by molar-refractivity contribution is 7.89. The number of thiazole rings is 1. The molecule has 1 heterocycles. The van der Waals surface area contributed by atoms with E-state index < -0.39 is 10.0 Å². The van der Waals surface area contributed by atoms with Crippen molar-refractivity contribution in [1.29, 1.82) is 0 Å². The van der Waals surface area contributed by atoms with E-state index in [2.05, 4.69) is 15.0 Å². The minimum Gasteiger partial charge on any atom is -0.380 e. The Bertz CT molecular complexity index is 719. The van der Waals surface area contributed by atoms with Crippen LogP contribution in [0.4, 0.5) is 5.69 Å². The second kappa shape index (κ2) is 5.75. The molecule has 1 aromatic heterocycles. The van der Waals surface area contributed by atoms with E-state index in [4.69, 9.17) is 0 Å². The number of nitrogens with one attached hydrogen (secondary N) is 2. The van der Waals surface area contributed by atoms with Crippen molar-refractivity contribution in [2.75, 3.05) is 5.32 Å². The van der Waals surface area contributed by atoms with Gasteiger partial charge in [0, 0.05) is 22.8 Å². The number of aromatic nitrogens is 1. The molecule has 0 spiro atoms. The van der Waals surface area contributed by atoms with Crippen LogP contribution in [-0.4, -0.2) is 19.4 Å². The molecule has 112 valence electrons. The van der Waals surface area contributed by atoms with Crippen LogP contribution in [0.25, 0.3) is 0 Å². The maximum Gasteiger partial charge on any atom is 0.240 e. The number of sulfonamides is 1. The molecule has 0 unspecified atom stereocenters. The van der Waals surface area contributed by atoms with E-state index in [0.717, 1.165) is 28.4 Å². The largest absolute Gasteiger partial charge is 0.380 e. The highest BCUT2D eigenvalue weighted by Crippen LogP contribution is 2.23. The van der Waals surface area contributed by atoms with E-state index in [1.54, 1.807) is 35.6 Å².